The molecule has 0 aromatic rings. The number of carbonyl (C=O) groups excluding carboxylic acids is 3. The number of ether oxygens (including phenoxy) is 3. The summed E-state index contributed by atoms with van der Waals surface area (Å²) in [5.41, 5.74) is 0. The second-order valence-electron chi connectivity index (χ2n) is 17.5. The molecule has 0 heterocycles. The monoisotopic (exact) mass is 939 g/mol. The van der Waals surface area contributed by atoms with Gasteiger partial charge in [-0.15, -0.1) is 0 Å². The van der Waals surface area contributed by atoms with Crippen LogP contribution in [0.1, 0.15) is 220 Å². The van der Waals surface area contributed by atoms with Crippen molar-refractivity contribution >= 4 is 17.9 Å². The fraction of sp³-hybridized carbons (Fsp3) is 0.597. The van der Waals surface area contributed by atoms with E-state index in [1.165, 1.54) is 57.8 Å². The molecule has 0 saturated heterocycles. The Morgan fingerprint density at radius 2 is 0.647 bits per heavy atom. The van der Waals surface area contributed by atoms with Crippen molar-refractivity contribution in [2.45, 2.75) is 226 Å². The van der Waals surface area contributed by atoms with Gasteiger partial charge in [-0.3, -0.25) is 14.4 Å². The maximum Gasteiger partial charge on any atom is 0.306 e. The SMILES string of the molecule is CC\C=C/C=C\C=C/C=C\C=C\C=C/CCCCCC(=O)OC(COC(=O)CCCCC/C=C\CCCCCCCCC)COC(=O)CCCCCCCC/C=C\C/C=C\C/C=C\C/C=C\CC. The first-order chi connectivity index (χ1) is 33.5. The fourth-order valence-corrected chi connectivity index (χ4v) is 6.99. The summed E-state index contributed by atoms with van der Waals surface area (Å²) < 4.78 is 16.8. The lowest BCUT2D eigenvalue weighted by molar-refractivity contribution is -0.167. The van der Waals surface area contributed by atoms with Gasteiger partial charge in [0.25, 0.3) is 0 Å². The molecule has 0 amide bonds. The zero-order chi connectivity index (χ0) is 49.3. The predicted molar refractivity (Wildman–Crippen MR) is 292 cm³/mol. The Hall–Kier alpha value is -4.45. The van der Waals surface area contributed by atoms with Gasteiger partial charge in [-0.1, -0.05) is 231 Å². The van der Waals surface area contributed by atoms with Crippen molar-refractivity contribution in [3.05, 3.63) is 134 Å². The van der Waals surface area contributed by atoms with E-state index in [0.717, 1.165) is 116 Å². The van der Waals surface area contributed by atoms with Gasteiger partial charge in [0.2, 0.25) is 0 Å². The number of esters is 3. The van der Waals surface area contributed by atoms with Gasteiger partial charge in [0.15, 0.2) is 6.10 Å². The highest BCUT2D eigenvalue weighted by Gasteiger charge is 2.19. The highest BCUT2D eigenvalue weighted by Crippen LogP contribution is 2.13. The Morgan fingerprint density at radius 3 is 1.10 bits per heavy atom. The van der Waals surface area contributed by atoms with Gasteiger partial charge >= 0.3 is 17.9 Å². The molecule has 0 aliphatic rings. The van der Waals surface area contributed by atoms with Crippen LogP contribution >= 0.6 is 0 Å². The van der Waals surface area contributed by atoms with Gasteiger partial charge in [-0.25, -0.2) is 0 Å². The summed E-state index contributed by atoms with van der Waals surface area (Å²) in [6.07, 6.45) is 77.2. The first kappa shape index (κ1) is 63.5. The molecular formula is C62H98O6. The number of allylic oxidation sites excluding steroid dienone is 22. The second kappa shape index (κ2) is 55.1. The molecule has 0 N–H and O–H groups in total. The Labute approximate surface area is 417 Å². The summed E-state index contributed by atoms with van der Waals surface area (Å²) >= 11 is 0. The summed E-state index contributed by atoms with van der Waals surface area (Å²) in [7, 11) is 0. The van der Waals surface area contributed by atoms with E-state index in [2.05, 4.69) is 93.7 Å². The molecule has 1 unspecified atom stereocenters. The summed E-state index contributed by atoms with van der Waals surface area (Å²) in [5.74, 6) is -0.992. The minimum Gasteiger partial charge on any atom is -0.462 e. The van der Waals surface area contributed by atoms with Gasteiger partial charge in [-0.2, -0.15) is 0 Å². The zero-order valence-corrected chi connectivity index (χ0v) is 43.6. The molecule has 0 saturated carbocycles. The quantitative estimate of drug-likeness (QED) is 0.0199. The highest BCUT2D eigenvalue weighted by atomic mass is 16.6. The first-order valence-corrected chi connectivity index (χ1v) is 27.3. The van der Waals surface area contributed by atoms with Crippen LogP contribution in [0, 0.1) is 0 Å². The van der Waals surface area contributed by atoms with Crippen LogP contribution < -0.4 is 0 Å². The van der Waals surface area contributed by atoms with Crippen LogP contribution in [-0.2, 0) is 28.6 Å². The summed E-state index contributed by atoms with van der Waals surface area (Å²) in [5, 5.41) is 0. The van der Waals surface area contributed by atoms with Crippen LogP contribution in [0.3, 0.4) is 0 Å². The average Bonchev–Trinajstić information content (AvgIpc) is 3.34. The van der Waals surface area contributed by atoms with E-state index in [-0.39, 0.29) is 37.5 Å². The van der Waals surface area contributed by atoms with Crippen molar-refractivity contribution in [3.8, 4) is 0 Å². The minimum absolute atomic E-state index is 0.113. The van der Waals surface area contributed by atoms with Crippen molar-refractivity contribution in [1.29, 1.82) is 0 Å². The molecule has 6 nitrogen and oxygen atoms in total. The van der Waals surface area contributed by atoms with Crippen LogP contribution in [0.2, 0.25) is 0 Å². The van der Waals surface area contributed by atoms with E-state index in [1.54, 1.807) is 0 Å². The molecule has 382 valence electrons. The van der Waals surface area contributed by atoms with Crippen molar-refractivity contribution in [1.82, 2.24) is 0 Å². The third-order valence-electron chi connectivity index (χ3n) is 11.0. The maximum atomic E-state index is 12.8. The highest BCUT2D eigenvalue weighted by molar-refractivity contribution is 5.71. The molecule has 0 rings (SSSR count). The molecule has 0 fully saturated rings. The van der Waals surface area contributed by atoms with Gasteiger partial charge in [0.1, 0.15) is 13.2 Å². The predicted octanol–water partition coefficient (Wildman–Crippen LogP) is 18.3. The van der Waals surface area contributed by atoms with E-state index < -0.39 is 6.10 Å². The molecule has 6 heteroatoms. The fourth-order valence-electron chi connectivity index (χ4n) is 6.99. The van der Waals surface area contributed by atoms with E-state index in [0.29, 0.717) is 19.3 Å². The van der Waals surface area contributed by atoms with Crippen LogP contribution in [0.4, 0.5) is 0 Å². The second-order valence-corrected chi connectivity index (χ2v) is 17.5. The molecule has 0 aliphatic carbocycles. The molecule has 68 heavy (non-hydrogen) atoms. The third kappa shape index (κ3) is 52.5. The minimum atomic E-state index is -0.819. The molecule has 0 spiro atoms. The first-order valence-electron chi connectivity index (χ1n) is 27.3. The van der Waals surface area contributed by atoms with Gasteiger partial charge in [-0.05, 0) is 103 Å². The Kier molecular flexibility index (Phi) is 51.5. The average molecular weight is 939 g/mol. The Balaban J connectivity index is 4.54. The lowest BCUT2D eigenvalue weighted by Crippen LogP contribution is -2.30. The van der Waals surface area contributed by atoms with Crippen molar-refractivity contribution < 1.29 is 28.6 Å². The number of unbranched alkanes of at least 4 members (excludes halogenated alkanes) is 19. The lowest BCUT2D eigenvalue weighted by atomic mass is 10.1. The zero-order valence-electron chi connectivity index (χ0n) is 43.6. The number of hydrogen-bond acceptors (Lipinski definition) is 6. The van der Waals surface area contributed by atoms with E-state index in [4.69, 9.17) is 14.2 Å². The van der Waals surface area contributed by atoms with E-state index in [9.17, 15) is 14.4 Å². The van der Waals surface area contributed by atoms with Gasteiger partial charge in [0.05, 0.1) is 0 Å². The molecule has 0 aliphatic heterocycles. The standard InChI is InChI=1S/C62H98O6/c1-4-7-10-13-16-19-22-25-28-30-31-33-34-37-40-43-46-49-52-55-61(64)67-58-59(57-66-60(63)54-51-48-45-42-39-36-27-24-21-18-15-12-9-6-3)68-62(65)56-53-50-47-44-41-38-35-32-29-26-23-20-17-14-11-8-5-2/h7-8,10-11,14,16-17,19-20,23,25-26,28-29,31-33,35-36,38-39,41,59H,4-6,9,12-13,15,18,21-22,24,27,30,34,37,40,42-58H2,1-3H3/b10-7-,11-8-,17-14-,19-16-,23-20-,28-25-,29-26-,33-31-,35-32+,39-36-,41-38-. The Morgan fingerprint density at radius 1 is 0.324 bits per heavy atom. The van der Waals surface area contributed by atoms with Crippen molar-refractivity contribution in [3.63, 3.8) is 0 Å². The van der Waals surface area contributed by atoms with Crippen molar-refractivity contribution in [2.24, 2.45) is 0 Å². The number of carbonyl (C=O) groups is 3. The lowest BCUT2D eigenvalue weighted by Gasteiger charge is -2.18. The van der Waals surface area contributed by atoms with Gasteiger partial charge in [0, 0.05) is 19.3 Å². The van der Waals surface area contributed by atoms with Crippen LogP contribution in [0.25, 0.3) is 0 Å². The van der Waals surface area contributed by atoms with E-state index >= 15 is 0 Å². The summed E-state index contributed by atoms with van der Waals surface area (Å²) in [6, 6.07) is 0. The van der Waals surface area contributed by atoms with E-state index in [1.807, 2.05) is 60.8 Å². The largest absolute Gasteiger partial charge is 0.462 e. The molecule has 0 radical (unpaired) electrons. The molecule has 0 aromatic carbocycles. The van der Waals surface area contributed by atoms with Crippen LogP contribution in [0.15, 0.2) is 134 Å². The number of rotatable bonds is 47. The van der Waals surface area contributed by atoms with Crippen LogP contribution in [0.5, 0.6) is 0 Å². The molecule has 1 atom stereocenters. The number of hydrogen-bond donors (Lipinski definition) is 0. The maximum absolute atomic E-state index is 12.8. The van der Waals surface area contributed by atoms with Crippen molar-refractivity contribution in [2.75, 3.05) is 13.2 Å². The summed E-state index contributed by atoms with van der Waals surface area (Å²) in [4.78, 5) is 38.1. The van der Waals surface area contributed by atoms with Crippen LogP contribution in [-0.4, -0.2) is 37.2 Å². The van der Waals surface area contributed by atoms with Gasteiger partial charge < -0.3 is 14.2 Å². The molecular weight excluding hydrogens is 841 g/mol. The topological polar surface area (TPSA) is 78.9 Å². The Bertz CT molecular complexity index is 1500. The smallest absolute Gasteiger partial charge is 0.306 e. The summed E-state index contributed by atoms with van der Waals surface area (Å²) in [6.45, 7) is 6.30. The third-order valence-corrected chi connectivity index (χ3v) is 11.0. The molecule has 0 bridgehead atoms. The molecule has 0 aromatic heterocycles. The normalized spacial score (nSPS) is 13.2.